The van der Waals surface area contributed by atoms with E-state index in [0.717, 1.165) is 11.1 Å². The van der Waals surface area contributed by atoms with E-state index >= 15 is 0 Å². The Balaban J connectivity index is 2.06. The number of hydrogen-bond donors (Lipinski definition) is 1. The van der Waals surface area contributed by atoms with E-state index in [9.17, 15) is 8.76 Å². The highest BCUT2D eigenvalue weighted by molar-refractivity contribution is 7.80. The van der Waals surface area contributed by atoms with Crippen LogP contribution in [-0.2, 0) is 11.3 Å². The fourth-order valence-corrected chi connectivity index (χ4v) is 1.84. The first-order valence-corrected chi connectivity index (χ1v) is 6.51. The highest BCUT2D eigenvalue weighted by atomic mass is 32.2. The van der Waals surface area contributed by atoms with E-state index in [0.29, 0.717) is 5.69 Å². The molecule has 0 spiro atoms. The molecule has 0 saturated heterocycles. The van der Waals surface area contributed by atoms with Crippen molar-refractivity contribution in [3.05, 3.63) is 65.7 Å². The lowest BCUT2D eigenvalue weighted by Crippen LogP contribution is -2.01. The van der Waals surface area contributed by atoms with Crippen LogP contribution in [0.5, 0.6) is 0 Å². The monoisotopic (exact) mass is 258 g/mol. The van der Waals surface area contributed by atoms with Crippen molar-refractivity contribution in [1.29, 1.82) is 0 Å². The van der Waals surface area contributed by atoms with Crippen molar-refractivity contribution in [1.82, 2.24) is 0 Å². The number of anilines is 1. The molecular weight excluding hydrogens is 246 g/mol. The minimum Gasteiger partial charge on any atom is -0.755 e. The smallest absolute Gasteiger partial charge is 0.0452 e. The third-order valence-electron chi connectivity index (χ3n) is 2.38. The zero-order valence-electron chi connectivity index (χ0n) is 9.58. The van der Waals surface area contributed by atoms with Gasteiger partial charge in [0.15, 0.2) is 0 Å². The second kappa shape index (κ2) is 6.14. The summed E-state index contributed by atoms with van der Waals surface area (Å²) >= 11 is -2.27. The number of rotatable bonds is 4. The largest absolute Gasteiger partial charge is 0.755 e. The van der Waals surface area contributed by atoms with Crippen LogP contribution in [0.1, 0.15) is 11.1 Å². The highest BCUT2D eigenvalue weighted by Gasteiger charge is 1.91. The van der Waals surface area contributed by atoms with Crippen LogP contribution in [0.4, 0.5) is 5.69 Å². The van der Waals surface area contributed by atoms with E-state index < -0.39 is 11.3 Å². The van der Waals surface area contributed by atoms with Crippen molar-refractivity contribution in [3.8, 4) is 0 Å². The molecule has 0 aromatic heterocycles. The van der Waals surface area contributed by atoms with Gasteiger partial charge in [-0.1, -0.05) is 54.6 Å². The van der Waals surface area contributed by atoms with E-state index in [4.69, 9.17) is 0 Å². The first kappa shape index (κ1) is 12.5. The summed E-state index contributed by atoms with van der Waals surface area (Å²) in [6, 6.07) is 17.1. The predicted molar refractivity (Wildman–Crippen MR) is 74.4 cm³/mol. The Hall–Kier alpha value is -1.91. The Bertz CT molecular complexity index is 550. The second-order valence-corrected chi connectivity index (χ2v) is 4.38. The lowest BCUT2D eigenvalue weighted by Gasteiger charge is -2.08. The summed E-state index contributed by atoms with van der Waals surface area (Å²) in [5, 5.41) is 0. The zero-order chi connectivity index (χ0) is 12.8. The molecule has 0 aliphatic carbocycles. The minimum atomic E-state index is -2.27. The van der Waals surface area contributed by atoms with Crippen LogP contribution in [0.15, 0.2) is 54.6 Å². The molecule has 1 unspecified atom stereocenters. The van der Waals surface area contributed by atoms with Crippen LogP contribution >= 0.6 is 0 Å². The van der Waals surface area contributed by atoms with Crippen LogP contribution in [0.25, 0.3) is 12.2 Å². The van der Waals surface area contributed by atoms with Crippen LogP contribution < -0.4 is 4.72 Å². The molecule has 0 aliphatic rings. The summed E-state index contributed by atoms with van der Waals surface area (Å²) in [6.45, 7) is 0. The summed E-state index contributed by atoms with van der Waals surface area (Å²) < 4.78 is 23.2. The fraction of sp³-hybridized carbons (Fsp3) is 0. The van der Waals surface area contributed by atoms with Gasteiger partial charge in [-0.3, -0.25) is 4.21 Å². The van der Waals surface area contributed by atoms with Crippen molar-refractivity contribution in [3.63, 3.8) is 0 Å². The Kier molecular flexibility index (Phi) is 4.28. The summed E-state index contributed by atoms with van der Waals surface area (Å²) in [4.78, 5) is 0. The van der Waals surface area contributed by atoms with E-state index in [1.807, 2.05) is 54.6 Å². The first-order valence-electron chi connectivity index (χ1n) is 5.43. The molecule has 18 heavy (non-hydrogen) atoms. The van der Waals surface area contributed by atoms with Crippen molar-refractivity contribution >= 4 is 29.1 Å². The zero-order valence-corrected chi connectivity index (χ0v) is 10.4. The van der Waals surface area contributed by atoms with Crippen LogP contribution in [0.3, 0.4) is 0 Å². The van der Waals surface area contributed by atoms with Crippen molar-refractivity contribution < 1.29 is 8.76 Å². The standard InChI is InChI=1S/C14H13NO2S/c16-18(17)15-14-10-8-13(9-11-14)7-6-12-4-2-1-3-5-12/h1-11,15H,(H,16,17)/p-1. The fourth-order valence-electron chi connectivity index (χ4n) is 1.52. The van der Waals surface area contributed by atoms with E-state index in [2.05, 4.69) is 4.72 Å². The number of hydrogen-bond acceptors (Lipinski definition) is 2. The molecular formula is C14H12NO2S-. The molecule has 0 radical (unpaired) electrons. The van der Waals surface area contributed by atoms with E-state index in [-0.39, 0.29) is 0 Å². The van der Waals surface area contributed by atoms with Crippen molar-refractivity contribution in [2.45, 2.75) is 0 Å². The molecule has 2 aromatic carbocycles. The average molecular weight is 258 g/mol. The SMILES string of the molecule is O=S([O-])Nc1ccc(C=Cc2ccccc2)cc1. The van der Waals surface area contributed by atoms with Crippen LogP contribution in [0.2, 0.25) is 0 Å². The van der Waals surface area contributed by atoms with Gasteiger partial charge in [0.1, 0.15) is 0 Å². The Morgan fingerprint density at radius 1 is 0.889 bits per heavy atom. The third-order valence-corrected chi connectivity index (χ3v) is 2.78. The summed E-state index contributed by atoms with van der Waals surface area (Å²) in [5.74, 6) is 0. The quantitative estimate of drug-likeness (QED) is 0.677. The van der Waals surface area contributed by atoms with Gasteiger partial charge in [0.2, 0.25) is 0 Å². The summed E-state index contributed by atoms with van der Waals surface area (Å²) in [7, 11) is 0. The Morgan fingerprint density at radius 2 is 1.44 bits per heavy atom. The minimum absolute atomic E-state index is 0.556. The van der Waals surface area contributed by atoms with Crippen LogP contribution in [-0.4, -0.2) is 8.76 Å². The van der Waals surface area contributed by atoms with Gasteiger partial charge in [-0.2, -0.15) is 0 Å². The van der Waals surface area contributed by atoms with Gasteiger partial charge in [-0.25, -0.2) is 0 Å². The van der Waals surface area contributed by atoms with Gasteiger partial charge in [-0.15, -0.1) is 0 Å². The maximum Gasteiger partial charge on any atom is 0.0452 e. The Labute approximate surface area is 109 Å². The Morgan fingerprint density at radius 3 is 2.00 bits per heavy atom. The van der Waals surface area contributed by atoms with Gasteiger partial charge < -0.3 is 9.27 Å². The molecule has 3 nitrogen and oxygen atoms in total. The first-order chi connectivity index (χ1) is 8.74. The lowest BCUT2D eigenvalue weighted by atomic mass is 10.1. The maximum absolute atomic E-state index is 10.4. The molecule has 2 rings (SSSR count). The molecule has 2 aromatic rings. The van der Waals surface area contributed by atoms with E-state index in [1.165, 1.54) is 0 Å². The van der Waals surface area contributed by atoms with Crippen molar-refractivity contribution in [2.24, 2.45) is 0 Å². The maximum atomic E-state index is 10.4. The molecule has 0 amide bonds. The van der Waals surface area contributed by atoms with Gasteiger partial charge in [-0.05, 0) is 23.3 Å². The normalized spacial score (nSPS) is 12.5. The van der Waals surface area contributed by atoms with Gasteiger partial charge in [0.05, 0.1) is 0 Å². The molecule has 4 heteroatoms. The third kappa shape index (κ3) is 3.84. The summed E-state index contributed by atoms with van der Waals surface area (Å²) in [6.07, 6.45) is 3.99. The van der Waals surface area contributed by atoms with Gasteiger partial charge >= 0.3 is 0 Å². The predicted octanol–water partition coefficient (Wildman–Crippen LogP) is 3.06. The molecule has 0 aliphatic heterocycles. The topological polar surface area (TPSA) is 52.2 Å². The average Bonchev–Trinajstić information content (AvgIpc) is 2.38. The van der Waals surface area contributed by atoms with Gasteiger partial charge in [0.25, 0.3) is 0 Å². The highest BCUT2D eigenvalue weighted by Crippen LogP contribution is 2.12. The van der Waals surface area contributed by atoms with E-state index in [1.54, 1.807) is 12.1 Å². The summed E-state index contributed by atoms with van der Waals surface area (Å²) in [5.41, 5.74) is 2.70. The molecule has 92 valence electrons. The molecule has 1 atom stereocenters. The van der Waals surface area contributed by atoms with Crippen LogP contribution in [0, 0.1) is 0 Å². The molecule has 0 saturated carbocycles. The molecule has 0 fully saturated rings. The number of benzene rings is 2. The second-order valence-electron chi connectivity index (χ2n) is 3.70. The lowest BCUT2D eigenvalue weighted by molar-refractivity contribution is 0.542. The van der Waals surface area contributed by atoms with Crippen molar-refractivity contribution in [2.75, 3.05) is 4.72 Å². The number of nitrogens with one attached hydrogen (secondary N) is 1. The molecule has 0 heterocycles. The molecule has 1 N–H and O–H groups in total. The molecule has 0 bridgehead atoms. The van der Waals surface area contributed by atoms with Gasteiger partial charge in [0, 0.05) is 17.0 Å².